The molecular weight excluding hydrogens is 439 g/mol. The van der Waals surface area contributed by atoms with Gasteiger partial charge >= 0.3 is 11.0 Å². The number of rotatable bonds is 3. The molecule has 4 nitrogen and oxygen atoms in total. The molecule has 1 atom stereocenters. The van der Waals surface area contributed by atoms with Crippen LogP contribution in [-0.4, -0.2) is 10.1 Å². The highest BCUT2D eigenvalue weighted by Crippen LogP contribution is 2.43. The maximum absolute atomic E-state index is 13.4. The van der Waals surface area contributed by atoms with Crippen molar-refractivity contribution in [1.82, 2.24) is 4.98 Å². The fourth-order valence-electron chi connectivity index (χ4n) is 4.43. The number of H-pyrrole nitrogens is 1. The Labute approximate surface area is 184 Å². The predicted octanol–water partition coefficient (Wildman–Crippen LogP) is 6.57. The fraction of sp³-hybridized carbons (Fsp3) is 0.208. The molecule has 0 spiro atoms. The summed E-state index contributed by atoms with van der Waals surface area (Å²) >= 11 is 1.01. The van der Waals surface area contributed by atoms with Gasteiger partial charge in [0.05, 0.1) is 10.4 Å². The minimum absolute atomic E-state index is 0.0800. The van der Waals surface area contributed by atoms with Crippen LogP contribution in [0.4, 0.5) is 13.2 Å². The van der Waals surface area contributed by atoms with Gasteiger partial charge in [0, 0.05) is 11.3 Å². The minimum Gasteiger partial charge on any atom is -0.494 e. The molecule has 0 radical (unpaired) electrons. The quantitative estimate of drug-likeness (QED) is 0.366. The van der Waals surface area contributed by atoms with Crippen LogP contribution in [0, 0.1) is 0 Å². The van der Waals surface area contributed by atoms with E-state index in [0.29, 0.717) is 21.8 Å². The molecule has 1 aliphatic rings. The molecule has 3 aromatic carbocycles. The first kappa shape index (κ1) is 20.6. The molecule has 0 fully saturated rings. The van der Waals surface area contributed by atoms with Gasteiger partial charge in [0.2, 0.25) is 5.88 Å². The molecule has 0 saturated carbocycles. The van der Waals surface area contributed by atoms with Gasteiger partial charge in [-0.05, 0) is 60.0 Å². The van der Waals surface area contributed by atoms with Crippen LogP contribution >= 0.6 is 11.3 Å². The van der Waals surface area contributed by atoms with Crippen molar-refractivity contribution in [3.05, 3.63) is 85.8 Å². The van der Waals surface area contributed by atoms with Crippen LogP contribution in [0.25, 0.3) is 10.8 Å². The van der Waals surface area contributed by atoms with Crippen LogP contribution in [0.5, 0.6) is 17.4 Å². The number of aromatic amines is 1. The molecule has 8 heteroatoms. The number of aromatic hydroxyl groups is 1. The van der Waals surface area contributed by atoms with Crippen molar-refractivity contribution in [3.8, 4) is 17.4 Å². The van der Waals surface area contributed by atoms with Gasteiger partial charge in [0.1, 0.15) is 11.5 Å². The second-order valence-corrected chi connectivity index (χ2v) is 8.80. The van der Waals surface area contributed by atoms with Crippen LogP contribution in [0.15, 0.2) is 59.4 Å². The van der Waals surface area contributed by atoms with Crippen LogP contribution in [-0.2, 0) is 12.6 Å². The lowest BCUT2D eigenvalue weighted by Crippen LogP contribution is -2.10. The number of aromatic nitrogens is 1. The summed E-state index contributed by atoms with van der Waals surface area (Å²) in [5, 5.41) is 10.6. The van der Waals surface area contributed by atoms with Crippen LogP contribution in [0.2, 0.25) is 0 Å². The molecule has 0 unspecified atom stereocenters. The lowest BCUT2D eigenvalue weighted by molar-refractivity contribution is -0.136. The second kappa shape index (κ2) is 7.70. The van der Waals surface area contributed by atoms with Crippen LogP contribution < -0.4 is 9.61 Å². The number of benzene rings is 3. The van der Waals surface area contributed by atoms with Gasteiger partial charge in [-0.2, -0.15) is 13.2 Å². The number of hydrogen-bond acceptors (Lipinski definition) is 4. The summed E-state index contributed by atoms with van der Waals surface area (Å²) in [5.41, 5.74) is 1.36. The lowest BCUT2D eigenvalue weighted by Gasteiger charge is -2.25. The van der Waals surface area contributed by atoms with E-state index in [4.69, 9.17) is 4.74 Å². The van der Waals surface area contributed by atoms with Crippen molar-refractivity contribution in [2.75, 3.05) is 0 Å². The third kappa shape index (κ3) is 3.64. The van der Waals surface area contributed by atoms with Gasteiger partial charge in [-0.3, -0.25) is 9.78 Å². The summed E-state index contributed by atoms with van der Waals surface area (Å²) in [6.45, 7) is 0. The predicted molar refractivity (Wildman–Crippen MR) is 117 cm³/mol. The number of aryl methyl sites for hydroxylation is 1. The highest BCUT2D eigenvalue weighted by Gasteiger charge is 2.33. The summed E-state index contributed by atoms with van der Waals surface area (Å²) in [6.07, 6.45) is -1.93. The number of hydrogen-bond donors (Lipinski definition) is 2. The van der Waals surface area contributed by atoms with E-state index in [9.17, 15) is 23.1 Å². The van der Waals surface area contributed by atoms with Crippen molar-refractivity contribution in [3.63, 3.8) is 0 Å². The minimum atomic E-state index is -4.45. The van der Waals surface area contributed by atoms with Crippen molar-refractivity contribution < 1.29 is 23.0 Å². The van der Waals surface area contributed by atoms with Crippen molar-refractivity contribution in [2.45, 2.75) is 31.4 Å². The van der Waals surface area contributed by atoms with E-state index in [1.807, 2.05) is 12.1 Å². The average Bonchev–Trinajstić information content (AvgIpc) is 3.10. The molecule has 1 heterocycles. The van der Waals surface area contributed by atoms with Crippen LogP contribution in [0.1, 0.15) is 40.3 Å². The Morgan fingerprint density at radius 3 is 2.56 bits per heavy atom. The first-order valence-corrected chi connectivity index (χ1v) is 10.9. The van der Waals surface area contributed by atoms with Gasteiger partial charge in [-0.15, -0.1) is 0 Å². The third-order valence-corrected chi connectivity index (χ3v) is 6.80. The Kier molecular flexibility index (Phi) is 4.97. The smallest absolute Gasteiger partial charge is 0.417 e. The molecule has 1 aromatic heterocycles. The Morgan fingerprint density at radius 2 is 1.84 bits per heavy atom. The third-order valence-electron chi connectivity index (χ3n) is 5.82. The molecule has 32 heavy (non-hydrogen) atoms. The van der Waals surface area contributed by atoms with Gasteiger partial charge in [0.15, 0.2) is 0 Å². The van der Waals surface area contributed by atoms with E-state index in [0.717, 1.165) is 47.8 Å². The molecule has 2 N–H and O–H groups in total. The summed E-state index contributed by atoms with van der Waals surface area (Å²) in [5.74, 6) is 0.709. The maximum Gasteiger partial charge on any atom is 0.417 e. The Balaban J connectivity index is 1.51. The second-order valence-electron chi connectivity index (χ2n) is 7.79. The molecule has 0 amide bonds. The Bertz CT molecular complexity index is 1370. The van der Waals surface area contributed by atoms with E-state index in [1.165, 1.54) is 12.1 Å². The fourth-order valence-corrected chi connectivity index (χ4v) is 5.31. The molecule has 1 aliphatic carbocycles. The zero-order chi connectivity index (χ0) is 22.5. The average molecular weight is 457 g/mol. The largest absolute Gasteiger partial charge is 0.494 e. The van der Waals surface area contributed by atoms with E-state index in [-0.39, 0.29) is 22.1 Å². The van der Waals surface area contributed by atoms with Crippen LogP contribution in [0.3, 0.4) is 0 Å². The topological polar surface area (TPSA) is 62.3 Å². The zero-order valence-electron chi connectivity index (χ0n) is 16.7. The molecule has 5 rings (SSSR count). The van der Waals surface area contributed by atoms with Gasteiger partial charge in [-0.25, -0.2) is 0 Å². The van der Waals surface area contributed by atoms with Gasteiger partial charge < -0.3 is 9.84 Å². The van der Waals surface area contributed by atoms with Crippen molar-refractivity contribution in [2.24, 2.45) is 0 Å². The van der Waals surface area contributed by atoms with E-state index in [2.05, 4.69) is 4.98 Å². The standard InChI is InChI=1S/C24H18F3NO3S/c25-24(26,27)19-10-11-20(17-6-2-1-5-16(17)19)31-14-8-9-15-13(12-14)4-3-7-18(15)21-22(29)28-23(30)32-21/h1-2,5-6,8-12,18,29H,3-4,7H2,(H,28,30)/t18-/m1/s1. The number of nitrogens with one attached hydrogen (secondary N) is 1. The number of alkyl halides is 3. The molecular formula is C24H18F3NO3S. The van der Waals surface area contributed by atoms with E-state index >= 15 is 0 Å². The number of halogens is 3. The Morgan fingerprint density at radius 1 is 1.06 bits per heavy atom. The number of thiazole rings is 1. The molecule has 164 valence electrons. The van der Waals surface area contributed by atoms with Gasteiger partial charge in [0.25, 0.3) is 0 Å². The summed E-state index contributed by atoms with van der Waals surface area (Å²) in [6, 6.07) is 14.3. The summed E-state index contributed by atoms with van der Waals surface area (Å²) in [7, 11) is 0. The first-order chi connectivity index (χ1) is 15.3. The van der Waals surface area contributed by atoms with E-state index in [1.54, 1.807) is 24.3 Å². The van der Waals surface area contributed by atoms with Crippen molar-refractivity contribution in [1.29, 1.82) is 0 Å². The number of ether oxygens (including phenoxy) is 1. The number of fused-ring (bicyclic) bond motifs is 2. The molecule has 4 aromatic rings. The van der Waals surface area contributed by atoms with Crippen molar-refractivity contribution >= 4 is 22.1 Å². The molecule has 0 bridgehead atoms. The Hall–Kier alpha value is -3.26. The van der Waals surface area contributed by atoms with Gasteiger partial charge in [-0.1, -0.05) is 41.7 Å². The summed E-state index contributed by atoms with van der Waals surface area (Å²) < 4.78 is 46.2. The molecule has 0 aliphatic heterocycles. The maximum atomic E-state index is 13.4. The highest BCUT2D eigenvalue weighted by atomic mass is 32.1. The summed E-state index contributed by atoms with van der Waals surface area (Å²) in [4.78, 5) is 14.4. The molecule has 0 saturated heterocycles. The lowest BCUT2D eigenvalue weighted by atomic mass is 9.82. The monoisotopic (exact) mass is 457 g/mol. The van der Waals surface area contributed by atoms with E-state index < -0.39 is 11.7 Å². The first-order valence-electron chi connectivity index (χ1n) is 10.1. The highest BCUT2D eigenvalue weighted by molar-refractivity contribution is 7.09. The normalized spacial score (nSPS) is 16.2. The zero-order valence-corrected chi connectivity index (χ0v) is 17.5. The SMILES string of the molecule is O=c1[nH]c(O)c([C@@H]2CCCc3cc(Oc4ccc(C(F)(F)F)c5ccccc45)ccc32)s1.